The van der Waals surface area contributed by atoms with Crippen molar-refractivity contribution in [1.82, 2.24) is 4.90 Å². The van der Waals surface area contributed by atoms with Crippen molar-refractivity contribution in [3.8, 4) is 0 Å². The molecule has 1 rings (SSSR count). The van der Waals surface area contributed by atoms with Crippen molar-refractivity contribution >= 4 is 6.09 Å². The van der Waals surface area contributed by atoms with Crippen LogP contribution < -0.4 is 0 Å². The van der Waals surface area contributed by atoms with Crippen molar-refractivity contribution < 1.29 is 14.6 Å². The number of hydrogen-bond donors (Lipinski definition) is 1. The second-order valence-electron chi connectivity index (χ2n) is 3.63. The van der Waals surface area contributed by atoms with Crippen LogP contribution in [0.2, 0.25) is 0 Å². The molecule has 0 saturated carbocycles. The van der Waals surface area contributed by atoms with Crippen LogP contribution >= 0.6 is 0 Å². The number of rotatable bonds is 3. The summed E-state index contributed by atoms with van der Waals surface area (Å²) < 4.78 is 4.92. The average Bonchev–Trinajstić information content (AvgIpc) is 2.21. The molecular weight excluding hydrogens is 170 g/mol. The van der Waals surface area contributed by atoms with Gasteiger partial charge in [0, 0.05) is 6.54 Å². The summed E-state index contributed by atoms with van der Waals surface area (Å²) in [5.74, 6) is 0. The number of unbranched alkanes of at least 4 members (excludes halogenated alkanes) is 1. The fourth-order valence-corrected chi connectivity index (χ4v) is 1.36. The van der Waals surface area contributed by atoms with Gasteiger partial charge in [0.05, 0.1) is 0 Å². The van der Waals surface area contributed by atoms with E-state index < -0.39 is 17.9 Å². The van der Waals surface area contributed by atoms with Gasteiger partial charge in [0.1, 0.15) is 6.10 Å². The summed E-state index contributed by atoms with van der Waals surface area (Å²) in [7, 11) is 0. The van der Waals surface area contributed by atoms with Gasteiger partial charge in [0.25, 0.3) is 0 Å². The minimum Gasteiger partial charge on any atom is -0.441 e. The molecule has 1 N–H and O–H groups in total. The van der Waals surface area contributed by atoms with E-state index in [1.165, 1.54) is 4.90 Å². The number of nitrogens with zero attached hydrogens (tertiary/aromatic N) is 1. The van der Waals surface area contributed by atoms with Crippen LogP contribution in [0.25, 0.3) is 0 Å². The first kappa shape index (κ1) is 10.3. The van der Waals surface area contributed by atoms with E-state index in [0.29, 0.717) is 6.54 Å². The quantitative estimate of drug-likeness (QED) is 0.725. The Labute approximate surface area is 78.5 Å². The maximum atomic E-state index is 11.2. The molecule has 2 atom stereocenters. The highest BCUT2D eigenvalue weighted by Gasteiger charge is 2.47. The number of cyclic esters (lactones) is 1. The lowest BCUT2D eigenvalue weighted by Gasteiger charge is -2.28. The minimum absolute atomic E-state index is 0.411. The predicted molar refractivity (Wildman–Crippen MR) is 48.2 cm³/mol. The molecule has 76 valence electrons. The molecule has 0 unspecified atom stereocenters. The number of aliphatic hydroxyl groups is 1. The number of amides is 1. The van der Waals surface area contributed by atoms with Crippen LogP contribution in [0.3, 0.4) is 0 Å². The van der Waals surface area contributed by atoms with Gasteiger partial charge in [-0.05, 0) is 20.3 Å². The third-order valence-electron chi connectivity index (χ3n) is 2.55. The Kier molecular flexibility index (Phi) is 2.81. The fraction of sp³-hybridized carbons (Fsp3) is 0.889. The maximum absolute atomic E-state index is 11.2. The summed E-state index contributed by atoms with van der Waals surface area (Å²) in [6.07, 6.45) is 1.02. The molecule has 0 aromatic heterocycles. The number of carbonyl (C=O) groups is 1. The Morgan fingerprint density at radius 3 is 2.69 bits per heavy atom. The number of carbonyl (C=O) groups excluding carboxylic acids is 1. The lowest BCUT2D eigenvalue weighted by atomic mass is 10.1. The molecule has 0 spiro atoms. The average molecular weight is 187 g/mol. The molecule has 0 bridgehead atoms. The van der Waals surface area contributed by atoms with Crippen LogP contribution in [0.1, 0.15) is 33.6 Å². The normalized spacial score (nSPS) is 33.7. The Morgan fingerprint density at radius 1 is 1.69 bits per heavy atom. The Balaban J connectivity index is 2.65. The second-order valence-corrected chi connectivity index (χ2v) is 3.63. The smallest absolute Gasteiger partial charge is 0.412 e. The van der Waals surface area contributed by atoms with E-state index in [1.54, 1.807) is 13.8 Å². The van der Waals surface area contributed by atoms with Crippen LogP contribution in [0.5, 0.6) is 0 Å². The van der Waals surface area contributed by atoms with E-state index in [1.807, 2.05) is 6.92 Å². The van der Waals surface area contributed by atoms with Gasteiger partial charge in [-0.2, -0.15) is 0 Å². The molecule has 1 aliphatic heterocycles. The van der Waals surface area contributed by atoms with E-state index >= 15 is 0 Å². The molecule has 0 aliphatic carbocycles. The lowest BCUT2D eigenvalue weighted by molar-refractivity contribution is -0.0780. The SMILES string of the molecule is CCCCN1C(=O)O[C@@H](C)[C@]1(C)O. The van der Waals surface area contributed by atoms with Gasteiger partial charge >= 0.3 is 6.09 Å². The first-order valence-electron chi connectivity index (χ1n) is 4.70. The monoisotopic (exact) mass is 187 g/mol. The van der Waals surface area contributed by atoms with Crippen molar-refractivity contribution in [3.63, 3.8) is 0 Å². The first-order chi connectivity index (χ1) is 6.00. The van der Waals surface area contributed by atoms with Crippen molar-refractivity contribution in [3.05, 3.63) is 0 Å². The zero-order chi connectivity index (χ0) is 10.1. The van der Waals surface area contributed by atoms with E-state index in [2.05, 4.69) is 0 Å². The molecule has 0 aromatic carbocycles. The van der Waals surface area contributed by atoms with Crippen molar-refractivity contribution in [2.24, 2.45) is 0 Å². The molecule has 13 heavy (non-hydrogen) atoms. The molecule has 0 radical (unpaired) electrons. The molecule has 1 amide bonds. The molecule has 1 saturated heterocycles. The summed E-state index contributed by atoms with van der Waals surface area (Å²) in [4.78, 5) is 12.6. The van der Waals surface area contributed by atoms with Crippen molar-refractivity contribution in [2.45, 2.75) is 45.4 Å². The second kappa shape index (κ2) is 3.54. The van der Waals surface area contributed by atoms with Crippen molar-refractivity contribution in [2.75, 3.05) is 6.54 Å². The zero-order valence-corrected chi connectivity index (χ0v) is 8.41. The Bertz CT molecular complexity index is 203. The highest BCUT2D eigenvalue weighted by molar-refractivity contribution is 5.71. The molecule has 4 nitrogen and oxygen atoms in total. The zero-order valence-electron chi connectivity index (χ0n) is 8.41. The van der Waals surface area contributed by atoms with Gasteiger partial charge in [-0.1, -0.05) is 13.3 Å². The predicted octanol–water partition coefficient (Wildman–Crippen LogP) is 1.34. The minimum atomic E-state index is -1.15. The van der Waals surface area contributed by atoms with Crippen LogP contribution in [-0.4, -0.2) is 34.5 Å². The van der Waals surface area contributed by atoms with Gasteiger partial charge in [0.15, 0.2) is 5.72 Å². The van der Waals surface area contributed by atoms with E-state index in [-0.39, 0.29) is 0 Å². The van der Waals surface area contributed by atoms with Crippen LogP contribution in [0.15, 0.2) is 0 Å². The maximum Gasteiger partial charge on any atom is 0.412 e. The van der Waals surface area contributed by atoms with Crippen molar-refractivity contribution in [1.29, 1.82) is 0 Å². The van der Waals surface area contributed by atoms with E-state index in [4.69, 9.17) is 4.74 Å². The number of hydrogen-bond acceptors (Lipinski definition) is 3. The molecular formula is C9H17NO3. The van der Waals surface area contributed by atoms with Gasteiger partial charge < -0.3 is 9.84 Å². The first-order valence-corrected chi connectivity index (χ1v) is 4.70. The Hall–Kier alpha value is -0.770. The van der Waals surface area contributed by atoms with Gasteiger partial charge in [0.2, 0.25) is 0 Å². The summed E-state index contributed by atoms with van der Waals surface area (Å²) in [6.45, 7) is 5.91. The van der Waals surface area contributed by atoms with Gasteiger partial charge in [-0.25, -0.2) is 4.79 Å². The van der Waals surface area contributed by atoms with E-state index in [0.717, 1.165) is 12.8 Å². The summed E-state index contributed by atoms with van der Waals surface area (Å²) in [5, 5.41) is 9.90. The number of ether oxygens (including phenoxy) is 1. The highest BCUT2D eigenvalue weighted by Crippen LogP contribution is 2.27. The van der Waals surface area contributed by atoms with Crippen LogP contribution in [0.4, 0.5) is 4.79 Å². The van der Waals surface area contributed by atoms with Crippen LogP contribution in [0, 0.1) is 0 Å². The third kappa shape index (κ3) is 1.77. The summed E-state index contributed by atoms with van der Waals surface area (Å²) >= 11 is 0. The summed E-state index contributed by atoms with van der Waals surface area (Å²) in [5.41, 5.74) is -1.15. The molecule has 4 heteroatoms. The Morgan fingerprint density at radius 2 is 2.31 bits per heavy atom. The molecule has 1 fully saturated rings. The third-order valence-corrected chi connectivity index (χ3v) is 2.55. The van der Waals surface area contributed by atoms with Gasteiger partial charge in [-0.15, -0.1) is 0 Å². The summed E-state index contributed by atoms with van der Waals surface area (Å²) in [6, 6.07) is 0. The largest absolute Gasteiger partial charge is 0.441 e. The lowest BCUT2D eigenvalue weighted by Crippen LogP contribution is -2.48. The molecule has 0 aromatic rings. The van der Waals surface area contributed by atoms with E-state index in [9.17, 15) is 9.90 Å². The molecule has 1 aliphatic rings. The standard InChI is InChI=1S/C9H17NO3/c1-4-5-6-10-8(11)13-7(2)9(10,3)12/h7,12H,4-6H2,1-3H3/t7-,9-/m0/s1. The molecule has 1 heterocycles. The highest BCUT2D eigenvalue weighted by atomic mass is 16.6. The van der Waals surface area contributed by atoms with Crippen LogP contribution in [-0.2, 0) is 4.74 Å². The topological polar surface area (TPSA) is 49.8 Å². The van der Waals surface area contributed by atoms with Gasteiger partial charge in [-0.3, -0.25) is 4.90 Å². The fourth-order valence-electron chi connectivity index (χ4n) is 1.36.